The van der Waals surface area contributed by atoms with Gasteiger partial charge in [0.15, 0.2) is 11.5 Å². The highest BCUT2D eigenvalue weighted by molar-refractivity contribution is 7.87. The molecule has 0 atom stereocenters. The fraction of sp³-hybridized carbons (Fsp3) is 0.133. The van der Waals surface area contributed by atoms with Gasteiger partial charge >= 0.3 is 10.1 Å². The minimum absolute atomic E-state index is 0.0858. The molecule has 0 unspecified atom stereocenters. The summed E-state index contributed by atoms with van der Waals surface area (Å²) in [4.78, 5) is -0.494. The first-order valence-electron chi connectivity index (χ1n) is 6.44. The zero-order valence-corrected chi connectivity index (χ0v) is 13.5. The minimum atomic E-state index is -4.36. The predicted octanol–water partition coefficient (Wildman–Crippen LogP) is 3.52. The van der Waals surface area contributed by atoms with Gasteiger partial charge in [0, 0.05) is 6.07 Å². The molecular weight excluding hydrogens is 345 g/mol. The van der Waals surface area contributed by atoms with Gasteiger partial charge in [-0.3, -0.25) is 0 Å². The van der Waals surface area contributed by atoms with Crippen LogP contribution in [0.15, 0.2) is 41.3 Å². The third kappa shape index (κ3) is 3.92. The number of hydrogen-bond donors (Lipinski definition) is 0. The molecule has 0 N–H and O–H groups in total. The third-order valence-corrected chi connectivity index (χ3v) is 4.45. The third-order valence-electron chi connectivity index (χ3n) is 2.73. The highest BCUT2D eigenvalue weighted by Gasteiger charge is 2.23. The highest BCUT2D eigenvalue weighted by atomic mass is 35.5. The van der Waals surface area contributed by atoms with Crippen LogP contribution in [0, 0.1) is 17.1 Å². The molecule has 0 aliphatic heterocycles. The number of nitrogens with zero attached hydrogens (tertiary/aromatic N) is 1. The number of benzene rings is 2. The SMILES string of the molecule is CCOc1cc(C#N)ccc1OS(=O)(=O)c1cc(F)ccc1Cl. The summed E-state index contributed by atoms with van der Waals surface area (Å²) in [6, 6.07) is 8.84. The predicted molar refractivity (Wildman–Crippen MR) is 81.5 cm³/mol. The Hall–Kier alpha value is -2.30. The van der Waals surface area contributed by atoms with Crippen molar-refractivity contribution < 1.29 is 21.7 Å². The molecule has 0 spiro atoms. The van der Waals surface area contributed by atoms with E-state index in [-0.39, 0.29) is 28.7 Å². The summed E-state index contributed by atoms with van der Waals surface area (Å²) < 4.78 is 48.1. The molecular formula is C15H11ClFNO4S. The fourth-order valence-electron chi connectivity index (χ4n) is 1.75. The van der Waals surface area contributed by atoms with Crippen molar-refractivity contribution in [2.45, 2.75) is 11.8 Å². The molecule has 23 heavy (non-hydrogen) atoms. The van der Waals surface area contributed by atoms with Crippen molar-refractivity contribution in [1.82, 2.24) is 0 Å². The topological polar surface area (TPSA) is 76.4 Å². The van der Waals surface area contributed by atoms with Gasteiger partial charge in [0.25, 0.3) is 0 Å². The van der Waals surface area contributed by atoms with Gasteiger partial charge in [-0.25, -0.2) is 4.39 Å². The van der Waals surface area contributed by atoms with Crippen LogP contribution in [0.3, 0.4) is 0 Å². The second-order valence-corrected chi connectivity index (χ2v) is 6.24. The minimum Gasteiger partial charge on any atom is -0.490 e. The van der Waals surface area contributed by atoms with Crippen LogP contribution in [0.4, 0.5) is 4.39 Å². The summed E-state index contributed by atoms with van der Waals surface area (Å²) in [7, 11) is -4.36. The fourth-order valence-corrected chi connectivity index (χ4v) is 3.18. The summed E-state index contributed by atoms with van der Waals surface area (Å²) >= 11 is 5.80. The van der Waals surface area contributed by atoms with Gasteiger partial charge in [-0.2, -0.15) is 13.7 Å². The zero-order chi connectivity index (χ0) is 17.0. The first-order valence-corrected chi connectivity index (χ1v) is 8.22. The van der Waals surface area contributed by atoms with Gasteiger partial charge in [0.2, 0.25) is 0 Å². The molecule has 0 amide bonds. The summed E-state index contributed by atoms with van der Waals surface area (Å²) in [6.45, 7) is 1.94. The second-order valence-electron chi connectivity index (χ2n) is 4.32. The Balaban J connectivity index is 2.45. The molecule has 5 nitrogen and oxygen atoms in total. The molecule has 0 bridgehead atoms. The van der Waals surface area contributed by atoms with Crippen molar-refractivity contribution >= 4 is 21.7 Å². The van der Waals surface area contributed by atoms with E-state index in [1.54, 1.807) is 6.92 Å². The van der Waals surface area contributed by atoms with E-state index in [0.29, 0.717) is 0 Å². The summed E-state index contributed by atoms with van der Waals surface area (Å²) in [5.74, 6) is -0.796. The van der Waals surface area contributed by atoms with Crippen LogP contribution >= 0.6 is 11.6 Å². The maximum atomic E-state index is 13.3. The van der Waals surface area contributed by atoms with Gasteiger partial charge < -0.3 is 8.92 Å². The molecule has 0 aromatic heterocycles. The Labute approximate surface area is 138 Å². The molecule has 0 saturated carbocycles. The van der Waals surface area contributed by atoms with Crippen LogP contribution in [0.2, 0.25) is 5.02 Å². The Bertz CT molecular complexity index is 878. The van der Waals surface area contributed by atoms with E-state index in [9.17, 15) is 12.8 Å². The van der Waals surface area contributed by atoms with Gasteiger partial charge in [-0.15, -0.1) is 0 Å². The molecule has 2 aromatic carbocycles. The molecule has 0 heterocycles. The van der Waals surface area contributed by atoms with Crippen LogP contribution in [-0.4, -0.2) is 15.0 Å². The summed E-state index contributed by atoms with van der Waals surface area (Å²) in [5, 5.41) is 8.71. The number of ether oxygens (including phenoxy) is 1. The van der Waals surface area contributed by atoms with Crippen LogP contribution in [-0.2, 0) is 10.1 Å². The maximum Gasteiger partial charge on any atom is 0.340 e. The number of hydrogen-bond acceptors (Lipinski definition) is 5. The van der Waals surface area contributed by atoms with Gasteiger partial charge in [-0.05, 0) is 37.3 Å². The maximum absolute atomic E-state index is 13.3. The molecule has 0 fully saturated rings. The Kier molecular flexibility index (Phi) is 5.08. The van der Waals surface area contributed by atoms with E-state index >= 15 is 0 Å². The molecule has 0 saturated heterocycles. The molecule has 8 heteroatoms. The smallest absolute Gasteiger partial charge is 0.340 e. The average Bonchev–Trinajstić information content (AvgIpc) is 2.51. The normalized spacial score (nSPS) is 10.9. The van der Waals surface area contributed by atoms with Crippen molar-refractivity contribution in [3.8, 4) is 17.6 Å². The Morgan fingerprint density at radius 2 is 1.96 bits per heavy atom. The molecule has 0 radical (unpaired) electrons. The molecule has 2 aromatic rings. The molecule has 120 valence electrons. The molecule has 0 aliphatic carbocycles. The largest absolute Gasteiger partial charge is 0.490 e. The molecule has 0 aliphatic rings. The van der Waals surface area contributed by atoms with Crippen molar-refractivity contribution in [3.63, 3.8) is 0 Å². The van der Waals surface area contributed by atoms with Gasteiger partial charge in [-0.1, -0.05) is 11.6 Å². The van der Waals surface area contributed by atoms with E-state index in [0.717, 1.165) is 18.2 Å². The lowest BCUT2D eigenvalue weighted by atomic mass is 10.2. The van der Waals surface area contributed by atoms with Crippen LogP contribution < -0.4 is 8.92 Å². The first-order chi connectivity index (χ1) is 10.9. The number of nitriles is 1. The van der Waals surface area contributed by atoms with Crippen LogP contribution in [0.1, 0.15) is 12.5 Å². The average molecular weight is 356 g/mol. The van der Waals surface area contributed by atoms with Gasteiger partial charge in [0.05, 0.1) is 23.3 Å². The van der Waals surface area contributed by atoms with Gasteiger partial charge in [0.1, 0.15) is 10.7 Å². The lowest BCUT2D eigenvalue weighted by Crippen LogP contribution is -2.12. The van der Waals surface area contributed by atoms with E-state index in [2.05, 4.69) is 0 Å². The van der Waals surface area contributed by atoms with Crippen molar-refractivity contribution in [1.29, 1.82) is 5.26 Å². The Morgan fingerprint density at radius 3 is 2.61 bits per heavy atom. The van der Waals surface area contributed by atoms with Crippen molar-refractivity contribution in [2.75, 3.05) is 6.61 Å². The number of halogens is 2. The van der Waals surface area contributed by atoms with Crippen molar-refractivity contribution in [2.24, 2.45) is 0 Å². The quantitative estimate of drug-likeness (QED) is 0.767. The monoisotopic (exact) mass is 355 g/mol. The van der Waals surface area contributed by atoms with Crippen molar-refractivity contribution in [3.05, 3.63) is 52.8 Å². The number of rotatable bonds is 5. The molecule has 2 rings (SSSR count). The van der Waals surface area contributed by atoms with E-state index in [1.165, 1.54) is 18.2 Å². The highest BCUT2D eigenvalue weighted by Crippen LogP contribution is 2.32. The van der Waals surface area contributed by atoms with E-state index in [4.69, 9.17) is 25.8 Å². The van der Waals surface area contributed by atoms with E-state index in [1.807, 2.05) is 6.07 Å². The first kappa shape index (κ1) is 17.1. The van der Waals surface area contributed by atoms with Crippen LogP contribution in [0.5, 0.6) is 11.5 Å². The van der Waals surface area contributed by atoms with Crippen LogP contribution in [0.25, 0.3) is 0 Å². The zero-order valence-electron chi connectivity index (χ0n) is 11.9. The lowest BCUT2D eigenvalue weighted by molar-refractivity contribution is 0.327. The summed E-state index contributed by atoms with van der Waals surface area (Å²) in [6.07, 6.45) is 0. The summed E-state index contributed by atoms with van der Waals surface area (Å²) in [5.41, 5.74) is 0.280. The lowest BCUT2D eigenvalue weighted by Gasteiger charge is -2.12. The standard InChI is InChI=1S/C15H11ClFNO4S/c1-2-21-14-7-10(9-18)3-6-13(14)22-23(19,20)15-8-11(17)4-5-12(15)16/h3-8H,2H2,1H3. The Morgan fingerprint density at radius 1 is 1.22 bits per heavy atom. The van der Waals surface area contributed by atoms with E-state index < -0.39 is 20.8 Å². The second kappa shape index (κ2) is 6.86.